The molecular weight excluding hydrogens is 304 g/mol. The average Bonchev–Trinajstić information content (AvgIpc) is 2.78. The molecule has 0 aliphatic heterocycles. The predicted molar refractivity (Wildman–Crippen MR) is 94.3 cm³/mol. The van der Waals surface area contributed by atoms with Gasteiger partial charge in [0.15, 0.2) is 6.54 Å². The Labute approximate surface area is 146 Å². The van der Waals surface area contributed by atoms with E-state index in [4.69, 9.17) is 4.74 Å². The highest BCUT2D eigenvalue weighted by molar-refractivity contribution is 5.76. The molecule has 0 aromatic carbocycles. The molecule has 0 spiro atoms. The Morgan fingerprint density at radius 2 is 1.92 bits per heavy atom. The van der Waals surface area contributed by atoms with Gasteiger partial charge in [-0.3, -0.25) is 4.79 Å². The highest BCUT2D eigenvalue weighted by Gasteiger charge is 2.61. The number of quaternary nitrogens is 1. The summed E-state index contributed by atoms with van der Waals surface area (Å²) in [4.78, 5) is 24.1. The molecule has 1 N–H and O–H groups in total. The van der Waals surface area contributed by atoms with Crippen molar-refractivity contribution in [2.75, 3.05) is 33.8 Å². The Kier molecular flexibility index (Phi) is 5.34. The average molecular weight is 340 g/mol. The first kappa shape index (κ1) is 19.2. The van der Waals surface area contributed by atoms with Gasteiger partial charge in [0, 0.05) is 6.04 Å². The lowest BCUT2D eigenvalue weighted by Gasteiger charge is -2.39. The van der Waals surface area contributed by atoms with E-state index in [0.29, 0.717) is 42.1 Å². The Bertz CT molecular complexity index is 501. The molecule has 0 unspecified atom stereocenters. The Morgan fingerprint density at radius 1 is 1.25 bits per heavy atom. The minimum atomic E-state index is -0.203. The van der Waals surface area contributed by atoms with E-state index in [0.717, 1.165) is 12.3 Å². The second-order valence-electron chi connectivity index (χ2n) is 9.10. The molecule has 2 aliphatic carbocycles. The fourth-order valence-corrected chi connectivity index (χ4v) is 4.73. The maximum Gasteiger partial charge on any atom is 0.361 e. The Hall–Kier alpha value is -1.10. The van der Waals surface area contributed by atoms with E-state index in [-0.39, 0.29) is 17.3 Å². The zero-order chi connectivity index (χ0) is 18.2. The third-order valence-corrected chi connectivity index (χ3v) is 6.94. The summed E-state index contributed by atoms with van der Waals surface area (Å²) in [5, 5.41) is 3.29. The van der Waals surface area contributed by atoms with Crippen molar-refractivity contribution >= 4 is 11.9 Å². The highest BCUT2D eigenvalue weighted by atomic mass is 16.5. The number of rotatable bonds is 7. The largest absolute Gasteiger partial charge is 0.462 e. The third-order valence-electron chi connectivity index (χ3n) is 6.94. The van der Waals surface area contributed by atoms with E-state index in [1.54, 1.807) is 0 Å². The number of amides is 1. The van der Waals surface area contributed by atoms with E-state index in [1.807, 2.05) is 21.0 Å². The molecule has 0 heterocycles. The van der Waals surface area contributed by atoms with E-state index in [1.165, 1.54) is 12.8 Å². The highest BCUT2D eigenvalue weighted by Crippen LogP contribution is 2.65. The van der Waals surface area contributed by atoms with Crippen LogP contribution in [0.5, 0.6) is 0 Å². The van der Waals surface area contributed by atoms with Crippen molar-refractivity contribution in [1.29, 1.82) is 0 Å². The molecule has 3 atom stereocenters. The van der Waals surface area contributed by atoms with Crippen LogP contribution in [0, 0.1) is 16.7 Å². The first-order valence-electron chi connectivity index (χ1n) is 9.29. The molecule has 0 radical (unpaired) electrons. The number of fused-ring (bicyclic) bond motifs is 2. The van der Waals surface area contributed by atoms with Crippen molar-refractivity contribution in [2.24, 2.45) is 16.7 Å². The summed E-state index contributed by atoms with van der Waals surface area (Å²) in [6, 6.07) is 0.291. The minimum absolute atomic E-state index is 0.111. The standard InChI is InChI=1S/C19H34N2O3/c1-7-24-17(23)13-21(5,6)11-9-16(22)20-15-12-14-8-10-19(15,4)18(14,2)3/h14-15H,7-13H2,1-6H3/p+1/t14-,15-,19-/m0/s1. The SMILES string of the molecule is CCOC(=O)C[N+](C)(C)CCC(=O)N[C@H]1C[C@@H]2CC[C@]1(C)C2(C)C. The van der Waals surface area contributed by atoms with Gasteiger partial charge in [0.1, 0.15) is 0 Å². The van der Waals surface area contributed by atoms with Crippen LogP contribution < -0.4 is 5.32 Å². The molecule has 5 heteroatoms. The minimum Gasteiger partial charge on any atom is -0.462 e. The summed E-state index contributed by atoms with van der Waals surface area (Å²) in [7, 11) is 3.93. The van der Waals surface area contributed by atoms with Crippen molar-refractivity contribution in [3.63, 3.8) is 0 Å². The molecule has 0 aromatic heterocycles. The van der Waals surface area contributed by atoms with Crippen molar-refractivity contribution < 1.29 is 18.8 Å². The third kappa shape index (κ3) is 3.61. The number of carbonyl (C=O) groups is 2. The zero-order valence-corrected chi connectivity index (χ0v) is 16.3. The second kappa shape index (κ2) is 6.66. The van der Waals surface area contributed by atoms with Crippen molar-refractivity contribution in [1.82, 2.24) is 5.32 Å². The van der Waals surface area contributed by atoms with Gasteiger partial charge in [-0.05, 0) is 42.9 Å². The molecule has 2 rings (SSSR count). The second-order valence-corrected chi connectivity index (χ2v) is 9.10. The summed E-state index contributed by atoms with van der Waals surface area (Å²) in [6.07, 6.45) is 4.06. The smallest absolute Gasteiger partial charge is 0.361 e. The maximum atomic E-state index is 12.4. The van der Waals surface area contributed by atoms with E-state index >= 15 is 0 Å². The Balaban J connectivity index is 1.83. The number of hydrogen-bond donors (Lipinski definition) is 1. The van der Waals surface area contributed by atoms with Crippen molar-refractivity contribution in [3.8, 4) is 0 Å². The van der Waals surface area contributed by atoms with Crippen LogP contribution in [0.4, 0.5) is 0 Å². The van der Waals surface area contributed by atoms with Gasteiger partial charge in [-0.25, -0.2) is 4.79 Å². The molecule has 138 valence electrons. The molecule has 0 saturated heterocycles. The number of esters is 1. The van der Waals surface area contributed by atoms with Gasteiger partial charge in [-0.1, -0.05) is 20.8 Å². The van der Waals surface area contributed by atoms with Crippen LogP contribution in [0.2, 0.25) is 0 Å². The summed E-state index contributed by atoms with van der Waals surface area (Å²) < 4.78 is 5.48. The summed E-state index contributed by atoms with van der Waals surface area (Å²) in [5.74, 6) is 0.633. The number of ether oxygens (including phenoxy) is 1. The molecule has 2 aliphatic rings. The predicted octanol–water partition coefficient (Wildman–Crippen LogP) is 2.35. The van der Waals surface area contributed by atoms with E-state index < -0.39 is 0 Å². The normalized spacial score (nSPS) is 31.1. The van der Waals surface area contributed by atoms with Gasteiger partial charge in [-0.2, -0.15) is 0 Å². The fourth-order valence-electron chi connectivity index (χ4n) is 4.73. The molecule has 2 fully saturated rings. The number of likely N-dealkylation sites (N-methyl/N-ethyl adjacent to an activating group) is 1. The molecule has 2 saturated carbocycles. The van der Waals surface area contributed by atoms with Gasteiger partial charge in [0.2, 0.25) is 5.91 Å². The lowest BCUT2D eigenvalue weighted by atomic mass is 9.69. The van der Waals surface area contributed by atoms with Crippen LogP contribution in [0.15, 0.2) is 0 Å². The molecule has 2 bridgehead atoms. The summed E-state index contributed by atoms with van der Waals surface area (Å²) in [6.45, 7) is 10.2. The van der Waals surface area contributed by atoms with Crippen molar-refractivity contribution in [2.45, 2.75) is 59.4 Å². The van der Waals surface area contributed by atoms with Crippen LogP contribution in [-0.4, -0.2) is 56.2 Å². The van der Waals surface area contributed by atoms with E-state index in [2.05, 4.69) is 26.1 Å². The first-order valence-corrected chi connectivity index (χ1v) is 9.29. The van der Waals surface area contributed by atoms with Crippen LogP contribution >= 0.6 is 0 Å². The fraction of sp³-hybridized carbons (Fsp3) is 0.895. The number of nitrogens with zero attached hydrogens (tertiary/aromatic N) is 1. The molecule has 24 heavy (non-hydrogen) atoms. The van der Waals surface area contributed by atoms with Crippen molar-refractivity contribution in [3.05, 3.63) is 0 Å². The van der Waals surface area contributed by atoms with Gasteiger partial charge in [-0.15, -0.1) is 0 Å². The number of nitrogens with one attached hydrogen (secondary N) is 1. The molecular formula is C19H35N2O3+. The monoisotopic (exact) mass is 339 g/mol. The van der Waals surface area contributed by atoms with Crippen LogP contribution in [0.1, 0.15) is 53.4 Å². The molecule has 0 aromatic rings. The van der Waals surface area contributed by atoms with E-state index in [9.17, 15) is 9.59 Å². The Morgan fingerprint density at radius 3 is 2.42 bits per heavy atom. The quantitative estimate of drug-likeness (QED) is 0.572. The summed E-state index contributed by atoms with van der Waals surface area (Å²) in [5.41, 5.74) is 0.521. The first-order chi connectivity index (χ1) is 11.0. The number of carbonyl (C=O) groups excluding carboxylic acids is 2. The zero-order valence-electron chi connectivity index (χ0n) is 16.3. The van der Waals surface area contributed by atoms with Gasteiger partial charge in [0.25, 0.3) is 0 Å². The van der Waals surface area contributed by atoms with Crippen LogP contribution in [0.3, 0.4) is 0 Å². The van der Waals surface area contributed by atoms with Gasteiger partial charge in [0.05, 0.1) is 33.7 Å². The maximum absolute atomic E-state index is 12.4. The lowest BCUT2D eigenvalue weighted by molar-refractivity contribution is -0.882. The molecule has 1 amide bonds. The number of hydrogen-bond acceptors (Lipinski definition) is 3. The van der Waals surface area contributed by atoms with Gasteiger partial charge < -0.3 is 14.5 Å². The van der Waals surface area contributed by atoms with Crippen LogP contribution in [-0.2, 0) is 14.3 Å². The lowest BCUT2D eigenvalue weighted by Crippen LogP contribution is -2.49. The topological polar surface area (TPSA) is 55.4 Å². The molecule has 5 nitrogen and oxygen atoms in total. The van der Waals surface area contributed by atoms with Gasteiger partial charge >= 0.3 is 5.97 Å². The van der Waals surface area contributed by atoms with Crippen LogP contribution in [0.25, 0.3) is 0 Å². The summed E-state index contributed by atoms with van der Waals surface area (Å²) >= 11 is 0.